The van der Waals surface area contributed by atoms with E-state index >= 15 is 0 Å². The maximum absolute atomic E-state index is 12.3. The molecule has 1 aromatic carbocycles. The van der Waals surface area contributed by atoms with E-state index in [2.05, 4.69) is 14.6 Å². The van der Waals surface area contributed by atoms with Crippen LogP contribution in [0, 0.1) is 0 Å². The molecule has 1 aliphatic carbocycles. The molecule has 0 amide bonds. The second-order valence-electron chi connectivity index (χ2n) is 6.37. The number of rotatable bonds is 2. The molecule has 0 radical (unpaired) electrons. The van der Waals surface area contributed by atoms with Gasteiger partial charge in [0.25, 0.3) is 10.0 Å². The fourth-order valence-corrected chi connectivity index (χ4v) is 4.94. The number of amidine groups is 1. The molecule has 0 bridgehead atoms. The van der Waals surface area contributed by atoms with E-state index in [9.17, 15) is 8.42 Å². The first-order valence-corrected chi connectivity index (χ1v) is 9.63. The largest absolute Gasteiger partial charge is 0.375 e. The van der Waals surface area contributed by atoms with Gasteiger partial charge in [-0.2, -0.15) is 8.42 Å². The van der Waals surface area contributed by atoms with Gasteiger partial charge in [0.15, 0.2) is 0 Å². The minimum absolute atomic E-state index is 0.251. The zero-order chi connectivity index (χ0) is 15.9. The number of hydrogen-bond acceptors (Lipinski definition) is 5. The molecule has 1 saturated heterocycles. The standard InChI is InChI=1S/C16H21N3O3S/c20-23(21)15-8-4-1-5-12(15)17-16(18-23)11-19-9-10-22-14-7-3-2-6-13(14)19/h1,4-5,8,13-14H,2-3,6-7,9-11H2,(H,17,18)/t13-,14+/m0/s1. The third-order valence-corrected chi connectivity index (χ3v) is 6.25. The predicted octanol–water partition coefficient (Wildman–Crippen LogP) is 1.84. The summed E-state index contributed by atoms with van der Waals surface area (Å²) >= 11 is 0. The van der Waals surface area contributed by atoms with Crippen LogP contribution in [0.2, 0.25) is 0 Å². The first kappa shape index (κ1) is 15.1. The van der Waals surface area contributed by atoms with Crippen LogP contribution in [0.15, 0.2) is 33.6 Å². The molecular weight excluding hydrogens is 314 g/mol. The van der Waals surface area contributed by atoms with Gasteiger partial charge in [0.05, 0.1) is 24.9 Å². The molecule has 3 aliphatic rings. The first-order chi connectivity index (χ1) is 11.1. The summed E-state index contributed by atoms with van der Waals surface area (Å²) in [5, 5.41) is 3.18. The number of nitrogens with one attached hydrogen (secondary N) is 1. The van der Waals surface area contributed by atoms with E-state index < -0.39 is 10.0 Å². The van der Waals surface area contributed by atoms with E-state index in [0.717, 1.165) is 19.4 Å². The molecule has 2 fully saturated rings. The topological polar surface area (TPSA) is 71.0 Å². The Morgan fingerprint density at radius 2 is 2.09 bits per heavy atom. The average molecular weight is 335 g/mol. The van der Waals surface area contributed by atoms with Crippen LogP contribution in [-0.4, -0.2) is 51.0 Å². The average Bonchev–Trinajstić information content (AvgIpc) is 2.55. The van der Waals surface area contributed by atoms with E-state index in [1.54, 1.807) is 18.2 Å². The number of ether oxygens (including phenoxy) is 1. The molecular formula is C16H21N3O3S. The summed E-state index contributed by atoms with van der Waals surface area (Å²) in [5.74, 6) is 0.509. The number of nitrogens with zero attached hydrogens (tertiary/aromatic N) is 2. The van der Waals surface area contributed by atoms with E-state index in [-0.39, 0.29) is 11.0 Å². The molecule has 6 nitrogen and oxygen atoms in total. The van der Waals surface area contributed by atoms with Crippen LogP contribution in [0.25, 0.3) is 0 Å². The molecule has 124 valence electrons. The van der Waals surface area contributed by atoms with Gasteiger partial charge in [0, 0.05) is 12.6 Å². The van der Waals surface area contributed by atoms with Crippen molar-refractivity contribution >= 4 is 21.5 Å². The van der Waals surface area contributed by atoms with Gasteiger partial charge < -0.3 is 10.1 Å². The summed E-state index contributed by atoms with van der Waals surface area (Å²) in [4.78, 5) is 2.57. The molecule has 2 aliphatic heterocycles. The van der Waals surface area contributed by atoms with Crippen molar-refractivity contribution in [3.63, 3.8) is 0 Å². The Bertz CT molecular complexity index is 730. The molecule has 4 rings (SSSR count). The SMILES string of the molecule is O=S1(=O)N=C(CN2CCO[C@@H]3CCCC[C@@H]32)Nc2ccccc21. The second kappa shape index (κ2) is 5.89. The lowest BCUT2D eigenvalue weighted by atomic mass is 9.90. The Hall–Kier alpha value is -1.44. The second-order valence-corrected chi connectivity index (χ2v) is 7.94. The lowest BCUT2D eigenvalue weighted by Crippen LogP contribution is -2.54. The number of hydrogen-bond donors (Lipinski definition) is 1. The molecule has 1 saturated carbocycles. The van der Waals surface area contributed by atoms with E-state index in [1.807, 2.05) is 6.07 Å². The van der Waals surface area contributed by atoms with Crippen LogP contribution in [0.5, 0.6) is 0 Å². The number of sulfonamides is 1. The van der Waals surface area contributed by atoms with Crippen molar-refractivity contribution in [2.24, 2.45) is 4.40 Å². The molecule has 0 aromatic heterocycles. The van der Waals surface area contributed by atoms with Gasteiger partial charge in [-0.1, -0.05) is 25.0 Å². The molecule has 7 heteroatoms. The van der Waals surface area contributed by atoms with Crippen molar-refractivity contribution in [3.05, 3.63) is 24.3 Å². The van der Waals surface area contributed by atoms with E-state index in [0.29, 0.717) is 30.7 Å². The highest BCUT2D eigenvalue weighted by Crippen LogP contribution is 2.30. The summed E-state index contributed by atoms with van der Waals surface area (Å²) in [6, 6.07) is 7.29. The zero-order valence-electron chi connectivity index (χ0n) is 12.9. The predicted molar refractivity (Wildman–Crippen MR) is 88.3 cm³/mol. The highest BCUT2D eigenvalue weighted by atomic mass is 32.2. The molecule has 23 heavy (non-hydrogen) atoms. The van der Waals surface area contributed by atoms with Crippen molar-refractivity contribution in [2.75, 3.05) is 25.0 Å². The van der Waals surface area contributed by atoms with Gasteiger partial charge in [-0.05, 0) is 25.0 Å². The van der Waals surface area contributed by atoms with Crippen molar-refractivity contribution in [1.29, 1.82) is 0 Å². The van der Waals surface area contributed by atoms with Gasteiger partial charge in [0.1, 0.15) is 10.7 Å². The maximum Gasteiger partial charge on any atom is 0.286 e. The number of para-hydroxylation sites is 1. The normalized spacial score (nSPS) is 29.8. The minimum Gasteiger partial charge on any atom is -0.375 e. The molecule has 0 spiro atoms. The summed E-state index contributed by atoms with van der Waals surface area (Å²) in [7, 11) is -3.60. The highest BCUT2D eigenvalue weighted by Gasteiger charge is 2.35. The van der Waals surface area contributed by atoms with Crippen molar-refractivity contribution < 1.29 is 13.2 Å². The Labute approximate surface area is 136 Å². The molecule has 0 unspecified atom stereocenters. The van der Waals surface area contributed by atoms with Crippen LogP contribution in [0.4, 0.5) is 5.69 Å². The van der Waals surface area contributed by atoms with Crippen molar-refractivity contribution in [1.82, 2.24) is 4.90 Å². The van der Waals surface area contributed by atoms with Crippen LogP contribution in [0.3, 0.4) is 0 Å². The lowest BCUT2D eigenvalue weighted by Gasteiger charge is -2.44. The van der Waals surface area contributed by atoms with Crippen LogP contribution in [-0.2, 0) is 14.8 Å². The third-order valence-electron chi connectivity index (χ3n) is 4.87. The van der Waals surface area contributed by atoms with Crippen LogP contribution >= 0.6 is 0 Å². The number of anilines is 1. The molecule has 1 N–H and O–H groups in total. The fourth-order valence-electron chi connectivity index (χ4n) is 3.80. The molecule has 1 aromatic rings. The van der Waals surface area contributed by atoms with Gasteiger partial charge >= 0.3 is 0 Å². The zero-order valence-corrected chi connectivity index (χ0v) is 13.8. The van der Waals surface area contributed by atoms with Crippen LogP contribution < -0.4 is 5.32 Å². The van der Waals surface area contributed by atoms with Crippen LogP contribution in [0.1, 0.15) is 25.7 Å². The lowest BCUT2D eigenvalue weighted by molar-refractivity contribution is -0.0827. The summed E-state index contributed by atoms with van der Waals surface area (Å²) < 4.78 is 34.5. The fraction of sp³-hybridized carbons (Fsp3) is 0.562. The number of fused-ring (bicyclic) bond motifs is 2. The van der Waals surface area contributed by atoms with E-state index in [4.69, 9.17) is 4.74 Å². The smallest absolute Gasteiger partial charge is 0.286 e. The number of morpholine rings is 1. The third kappa shape index (κ3) is 2.88. The quantitative estimate of drug-likeness (QED) is 0.893. The Kier molecular flexibility index (Phi) is 3.87. The van der Waals surface area contributed by atoms with E-state index in [1.165, 1.54) is 12.8 Å². The van der Waals surface area contributed by atoms with Gasteiger partial charge in [-0.3, -0.25) is 4.90 Å². The highest BCUT2D eigenvalue weighted by molar-refractivity contribution is 7.90. The molecule has 2 atom stereocenters. The molecule has 2 heterocycles. The summed E-state index contributed by atoms with van der Waals surface area (Å²) in [6.07, 6.45) is 4.92. The monoisotopic (exact) mass is 335 g/mol. The maximum atomic E-state index is 12.3. The Balaban J connectivity index is 1.56. The van der Waals surface area contributed by atoms with Gasteiger partial charge in [0.2, 0.25) is 0 Å². The Morgan fingerprint density at radius 1 is 1.26 bits per heavy atom. The summed E-state index contributed by atoms with van der Waals surface area (Å²) in [6.45, 7) is 2.05. The van der Waals surface area contributed by atoms with Gasteiger partial charge in [-0.25, -0.2) is 0 Å². The van der Waals surface area contributed by atoms with Crippen molar-refractivity contribution in [3.8, 4) is 0 Å². The number of benzene rings is 1. The minimum atomic E-state index is -3.60. The Morgan fingerprint density at radius 3 is 3.00 bits per heavy atom. The van der Waals surface area contributed by atoms with Crippen molar-refractivity contribution in [2.45, 2.75) is 42.7 Å². The first-order valence-electron chi connectivity index (χ1n) is 8.19. The van der Waals surface area contributed by atoms with Gasteiger partial charge in [-0.15, -0.1) is 4.40 Å². The summed E-state index contributed by atoms with van der Waals surface area (Å²) in [5.41, 5.74) is 0.617.